The maximum atomic E-state index is 12.9. The number of aliphatic hydroxyl groups is 1. The van der Waals surface area contributed by atoms with E-state index in [1.807, 2.05) is 0 Å². The van der Waals surface area contributed by atoms with Gasteiger partial charge in [0.15, 0.2) is 0 Å². The van der Waals surface area contributed by atoms with Gasteiger partial charge >= 0.3 is 0 Å². The van der Waals surface area contributed by atoms with Crippen LogP contribution in [0.2, 0.25) is 0 Å². The lowest BCUT2D eigenvalue weighted by atomic mass is 9.73. The molecule has 8 nitrogen and oxygen atoms in total. The number of hydrogen-bond acceptors (Lipinski definition) is 6. The van der Waals surface area contributed by atoms with Gasteiger partial charge in [0.05, 0.1) is 29.0 Å². The molecule has 8 heteroatoms. The number of aliphatic hydroxyl groups excluding tert-OH is 1. The van der Waals surface area contributed by atoms with Crippen molar-refractivity contribution in [3.8, 4) is 0 Å². The Balaban J connectivity index is 1.85. The zero-order valence-corrected chi connectivity index (χ0v) is 12.7. The molecule has 2 fully saturated rings. The van der Waals surface area contributed by atoms with Crippen molar-refractivity contribution < 1.29 is 24.4 Å². The molecule has 2 saturated heterocycles. The van der Waals surface area contributed by atoms with Gasteiger partial charge in [-0.15, -0.1) is 0 Å². The summed E-state index contributed by atoms with van der Waals surface area (Å²) in [5, 5.41) is 21.0. The Morgan fingerprint density at radius 3 is 2.58 bits per heavy atom. The highest BCUT2D eigenvalue weighted by atomic mass is 16.6. The van der Waals surface area contributed by atoms with Crippen LogP contribution in [0.1, 0.15) is 6.92 Å². The van der Waals surface area contributed by atoms with Gasteiger partial charge < -0.3 is 9.84 Å². The van der Waals surface area contributed by atoms with Crippen molar-refractivity contribution in [1.29, 1.82) is 0 Å². The van der Waals surface area contributed by atoms with Crippen molar-refractivity contribution in [3.05, 3.63) is 46.5 Å². The molecule has 0 unspecified atom stereocenters. The number of benzene rings is 1. The highest BCUT2D eigenvalue weighted by molar-refractivity contribution is 6.24. The topological polar surface area (TPSA) is 110 Å². The monoisotopic (exact) mass is 330 g/mol. The van der Waals surface area contributed by atoms with E-state index in [1.54, 1.807) is 19.1 Å². The summed E-state index contributed by atoms with van der Waals surface area (Å²) in [5.41, 5.74) is -2.62. The van der Waals surface area contributed by atoms with Crippen molar-refractivity contribution in [2.75, 3.05) is 11.5 Å². The molecule has 124 valence electrons. The zero-order valence-electron chi connectivity index (χ0n) is 12.7. The number of nitro benzene ring substituents is 1. The lowest BCUT2D eigenvalue weighted by molar-refractivity contribution is -0.384. The number of nitrogens with zero attached hydrogens (tertiary/aromatic N) is 2. The summed E-state index contributed by atoms with van der Waals surface area (Å²) in [6.07, 6.45) is 3.29. The minimum absolute atomic E-state index is 0.0528. The fraction of sp³-hybridized carbons (Fsp3) is 0.375. The number of carbonyl (C=O) groups excluding carboxylic acids is 2. The first kappa shape index (κ1) is 15.0. The first-order chi connectivity index (χ1) is 11.3. The predicted molar refractivity (Wildman–Crippen MR) is 81.0 cm³/mol. The molecule has 3 aliphatic heterocycles. The Hall–Kier alpha value is -2.58. The molecule has 2 bridgehead atoms. The number of anilines is 1. The molecule has 1 aromatic carbocycles. The van der Waals surface area contributed by atoms with Crippen LogP contribution in [-0.4, -0.2) is 39.7 Å². The first-order valence-electron chi connectivity index (χ1n) is 7.47. The number of fused-ring (bicyclic) bond motifs is 5. The highest BCUT2D eigenvalue weighted by Gasteiger charge is 2.72. The van der Waals surface area contributed by atoms with Crippen LogP contribution in [0.3, 0.4) is 0 Å². The number of amides is 2. The molecule has 0 saturated carbocycles. The molecule has 0 radical (unpaired) electrons. The molecule has 3 heterocycles. The number of nitro groups is 1. The number of rotatable bonds is 3. The van der Waals surface area contributed by atoms with Gasteiger partial charge in [-0.05, 0) is 13.0 Å². The third-order valence-corrected chi connectivity index (χ3v) is 5.12. The average molecular weight is 330 g/mol. The molecule has 4 rings (SSSR count). The van der Waals surface area contributed by atoms with Crippen LogP contribution >= 0.6 is 0 Å². The largest absolute Gasteiger partial charge is 0.393 e. The minimum atomic E-state index is -1.25. The zero-order chi connectivity index (χ0) is 17.3. The summed E-state index contributed by atoms with van der Waals surface area (Å²) in [6.45, 7) is 1.24. The predicted octanol–water partition coefficient (Wildman–Crippen LogP) is 0.790. The highest BCUT2D eigenvalue weighted by Crippen LogP contribution is 2.57. The number of para-hydroxylation sites is 2. The van der Waals surface area contributed by atoms with E-state index in [0.717, 1.165) is 4.90 Å². The van der Waals surface area contributed by atoms with Gasteiger partial charge in [-0.1, -0.05) is 24.3 Å². The number of imide groups is 1. The lowest BCUT2D eigenvalue weighted by Gasteiger charge is -2.26. The van der Waals surface area contributed by atoms with Gasteiger partial charge in [-0.25, -0.2) is 4.90 Å². The molecule has 0 spiro atoms. The van der Waals surface area contributed by atoms with E-state index in [4.69, 9.17) is 4.74 Å². The molecule has 4 atom stereocenters. The quantitative estimate of drug-likeness (QED) is 0.380. The molecule has 2 amide bonds. The third-order valence-electron chi connectivity index (χ3n) is 5.12. The van der Waals surface area contributed by atoms with Crippen molar-refractivity contribution in [2.45, 2.75) is 18.1 Å². The molecule has 0 aliphatic carbocycles. The van der Waals surface area contributed by atoms with Crippen LogP contribution in [0.4, 0.5) is 11.4 Å². The summed E-state index contributed by atoms with van der Waals surface area (Å²) >= 11 is 0. The fourth-order valence-electron chi connectivity index (χ4n) is 4.09. The van der Waals surface area contributed by atoms with E-state index in [1.165, 1.54) is 24.3 Å². The van der Waals surface area contributed by atoms with E-state index >= 15 is 0 Å². The lowest BCUT2D eigenvalue weighted by Crippen LogP contribution is -2.43. The molecular formula is C16H14N2O6. The Bertz CT molecular complexity index is 821. The van der Waals surface area contributed by atoms with Crippen LogP contribution < -0.4 is 4.90 Å². The third kappa shape index (κ3) is 1.59. The SMILES string of the molecule is C[C@]12C=C[C@@](CO)(O1)[C@H]1C(=O)N(c3ccccc3[N+](=O)[O-])C(=O)[C@@H]12. The van der Waals surface area contributed by atoms with Crippen LogP contribution in [0.15, 0.2) is 36.4 Å². The van der Waals surface area contributed by atoms with Crippen LogP contribution in [-0.2, 0) is 14.3 Å². The van der Waals surface area contributed by atoms with Gasteiger partial charge in [0, 0.05) is 6.07 Å². The van der Waals surface area contributed by atoms with Gasteiger partial charge in [0.25, 0.3) is 5.69 Å². The minimum Gasteiger partial charge on any atom is -0.393 e. The maximum absolute atomic E-state index is 12.9. The van der Waals surface area contributed by atoms with Crippen LogP contribution in [0.5, 0.6) is 0 Å². The second-order valence-corrected chi connectivity index (χ2v) is 6.45. The van der Waals surface area contributed by atoms with Crippen molar-refractivity contribution in [2.24, 2.45) is 11.8 Å². The van der Waals surface area contributed by atoms with Crippen LogP contribution in [0.25, 0.3) is 0 Å². The van der Waals surface area contributed by atoms with Gasteiger partial charge in [0.2, 0.25) is 11.8 Å². The summed E-state index contributed by atoms with van der Waals surface area (Å²) in [5.74, 6) is -2.81. The van der Waals surface area contributed by atoms with Crippen molar-refractivity contribution in [1.82, 2.24) is 0 Å². The maximum Gasteiger partial charge on any atom is 0.293 e. The number of hydrogen-bond donors (Lipinski definition) is 1. The van der Waals surface area contributed by atoms with E-state index < -0.39 is 46.4 Å². The van der Waals surface area contributed by atoms with Gasteiger partial charge in [-0.3, -0.25) is 19.7 Å². The van der Waals surface area contributed by atoms with Gasteiger partial charge in [0.1, 0.15) is 11.3 Å². The first-order valence-corrected chi connectivity index (χ1v) is 7.47. The van der Waals surface area contributed by atoms with Gasteiger partial charge in [-0.2, -0.15) is 0 Å². The Morgan fingerprint density at radius 1 is 1.25 bits per heavy atom. The second kappa shape index (κ2) is 4.49. The van der Waals surface area contributed by atoms with Crippen molar-refractivity contribution in [3.63, 3.8) is 0 Å². The second-order valence-electron chi connectivity index (χ2n) is 6.45. The summed E-state index contributed by atoms with van der Waals surface area (Å²) in [4.78, 5) is 37.3. The molecule has 1 aromatic rings. The molecule has 24 heavy (non-hydrogen) atoms. The smallest absolute Gasteiger partial charge is 0.293 e. The summed E-state index contributed by atoms with van der Waals surface area (Å²) in [7, 11) is 0. The number of ether oxygens (including phenoxy) is 1. The van der Waals surface area contributed by atoms with E-state index in [2.05, 4.69) is 0 Å². The molecule has 0 aromatic heterocycles. The normalized spacial score (nSPS) is 36.5. The molecule has 1 N–H and O–H groups in total. The average Bonchev–Trinajstić information content (AvgIpc) is 3.13. The summed E-state index contributed by atoms with van der Waals surface area (Å²) in [6, 6.07) is 5.62. The van der Waals surface area contributed by atoms with Crippen LogP contribution in [0, 0.1) is 22.0 Å². The fourth-order valence-corrected chi connectivity index (χ4v) is 4.09. The Morgan fingerprint density at radius 2 is 1.92 bits per heavy atom. The molecule has 3 aliphatic rings. The van der Waals surface area contributed by atoms with E-state index in [-0.39, 0.29) is 11.4 Å². The number of carbonyl (C=O) groups is 2. The van der Waals surface area contributed by atoms with Crippen molar-refractivity contribution >= 4 is 23.2 Å². The standard InChI is InChI=1S/C16H14N2O6/c1-15-6-7-16(8-19,24-15)12-11(15)13(20)17(14(12)21)9-4-2-3-5-10(9)18(22)23/h2-7,11-12,19H,8H2,1H3/t11-,12-,15-,16+/m1/s1. The Kier molecular flexibility index (Phi) is 2.80. The Labute approximate surface area is 136 Å². The van der Waals surface area contributed by atoms with E-state index in [0.29, 0.717) is 0 Å². The van der Waals surface area contributed by atoms with E-state index in [9.17, 15) is 24.8 Å². The summed E-state index contributed by atoms with van der Waals surface area (Å²) < 4.78 is 5.80. The molecular weight excluding hydrogens is 316 g/mol.